The molecule has 0 aromatic heterocycles. The maximum atomic E-state index is 11.9. The Morgan fingerprint density at radius 2 is 1.80 bits per heavy atom. The molecule has 5 nitrogen and oxygen atoms in total. The molecule has 1 N–H and O–H groups in total. The van der Waals surface area contributed by atoms with E-state index in [0.717, 1.165) is 16.8 Å². The van der Waals surface area contributed by atoms with Gasteiger partial charge in [0.05, 0.1) is 12.3 Å². The highest BCUT2D eigenvalue weighted by atomic mass is 32.2. The molecule has 0 saturated heterocycles. The van der Waals surface area contributed by atoms with Crippen molar-refractivity contribution in [1.82, 2.24) is 4.90 Å². The van der Waals surface area contributed by atoms with E-state index in [4.69, 9.17) is 0 Å². The van der Waals surface area contributed by atoms with Crippen molar-refractivity contribution in [2.45, 2.75) is 13.8 Å². The molecule has 0 atom stereocenters. The molecular weight excluding hydrogens is 276 g/mol. The molecule has 0 aliphatic rings. The molecule has 0 radical (unpaired) electrons. The predicted octanol–water partition coefficient (Wildman–Crippen LogP) is 1.22. The maximum absolute atomic E-state index is 11.9. The Kier molecular flexibility index (Phi) is 5.71. The summed E-state index contributed by atoms with van der Waals surface area (Å²) >= 11 is 0. The second-order valence-electron chi connectivity index (χ2n) is 5.18. The van der Waals surface area contributed by atoms with Gasteiger partial charge in [0.15, 0.2) is 0 Å². The molecular formula is C14H22N2O3S. The van der Waals surface area contributed by atoms with Gasteiger partial charge in [0.2, 0.25) is 5.91 Å². The molecule has 0 saturated carbocycles. The van der Waals surface area contributed by atoms with Crippen LogP contribution in [0.2, 0.25) is 0 Å². The minimum atomic E-state index is -3.00. The Bertz CT molecular complexity index is 562. The number of carbonyl (C=O) groups excluding carboxylic acids is 1. The third-order valence-corrected chi connectivity index (χ3v) is 3.93. The first kappa shape index (κ1) is 16.7. The lowest BCUT2D eigenvalue weighted by molar-refractivity contribution is -0.117. The molecule has 0 spiro atoms. The fourth-order valence-corrected chi connectivity index (χ4v) is 2.48. The minimum Gasteiger partial charge on any atom is -0.324 e. The number of aryl methyl sites for hydroxylation is 2. The van der Waals surface area contributed by atoms with Crippen LogP contribution < -0.4 is 5.32 Å². The number of likely N-dealkylation sites (N-methyl/N-ethyl adjacent to an activating group) is 1. The van der Waals surface area contributed by atoms with Crippen molar-refractivity contribution >= 4 is 21.4 Å². The third kappa shape index (κ3) is 5.71. The molecule has 0 heterocycles. The number of carbonyl (C=O) groups is 1. The molecule has 20 heavy (non-hydrogen) atoms. The van der Waals surface area contributed by atoms with Crippen molar-refractivity contribution in [3.63, 3.8) is 0 Å². The van der Waals surface area contributed by atoms with Crippen LogP contribution in [0.15, 0.2) is 18.2 Å². The van der Waals surface area contributed by atoms with Gasteiger partial charge in [0.25, 0.3) is 0 Å². The van der Waals surface area contributed by atoms with Gasteiger partial charge in [-0.15, -0.1) is 0 Å². The van der Waals surface area contributed by atoms with Crippen molar-refractivity contribution in [2.24, 2.45) is 0 Å². The Morgan fingerprint density at radius 3 is 2.30 bits per heavy atom. The van der Waals surface area contributed by atoms with E-state index in [2.05, 4.69) is 5.32 Å². The smallest absolute Gasteiger partial charge is 0.238 e. The second-order valence-corrected chi connectivity index (χ2v) is 7.44. The number of anilines is 1. The number of hydrogen-bond acceptors (Lipinski definition) is 4. The lowest BCUT2D eigenvalue weighted by Crippen LogP contribution is -2.33. The second kappa shape index (κ2) is 6.85. The summed E-state index contributed by atoms with van der Waals surface area (Å²) in [5, 5.41) is 2.88. The first-order valence-corrected chi connectivity index (χ1v) is 8.47. The number of nitrogens with zero attached hydrogens (tertiary/aromatic N) is 1. The molecule has 6 heteroatoms. The molecule has 0 aliphatic heterocycles. The van der Waals surface area contributed by atoms with Crippen LogP contribution in [0.4, 0.5) is 5.69 Å². The van der Waals surface area contributed by atoms with Crippen LogP contribution in [-0.4, -0.2) is 51.4 Å². The van der Waals surface area contributed by atoms with Crippen LogP contribution in [-0.2, 0) is 14.6 Å². The van der Waals surface area contributed by atoms with Gasteiger partial charge in [-0.2, -0.15) is 0 Å². The van der Waals surface area contributed by atoms with Gasteiger partial charge in [-0.1, -0.05) is 18.2 Å². The van der Waals surface area contributed by atoms with Gasteiger partial charge in [0.1, 0.15) is 9.84 Å². The minimum absolute atomic E-state index is 0.0557. The Labute approximate surface area is 120 Å². The molecule has 112 valence electrons. The van der Waals surface area contributed by atoms with E-state index >= 15 is 0 Å². The summed E-state index contributed by atoms with van der Waals surface area (Å²) in [4.78, 5) is 13.6. The Morgan fingerprint density at radius 1 is 1.25 bits per heavy atom. The molecule has 0 bridgehead atoms. The molecule has 1 amide bonds. The average Bonchev–Trinajstić information content (AvgIpc) is 2.31. The van der Waals surface area contributed by atoms with E-state index in [-0.39, 0.29) is 18.2 Å². The standard InChI is InChI=1S/C14H22N2O3S/c1-11-6-5-7-12(2)14(11)15-13(17)10-16(3)8-9-20(4,18)19/h5-7H,8-10H2,1-4H3,(H,15,17). The number of nitrogens with one attached hydrogen (secondary N) is 1. The molecule has 0 aliphatic carbocycles. The van der Waals surface area contributed by atoms with Crippen molar-refractivity contribution in [3.05, 3.63) is 29.3 Å². The highest BCUT2D eigenvalue weighted by Gasteiger charge is 2.11. The van der Waals surface area contributed by atoms with Crippen molar-refractivity contribution < 1.29 is 13.2 Å². The average molecular weight is 298 g/mol. The van der Waals surface area contributed by atoms with Crippen molar-refractivity contribution in [3.8, 4) is 0 Å². The van der Waals surface area contributed by atoms with Crippen molar-refractivity contribution in [2.75, 3.05) is 37.5 Å². The zero-order valence-corrected chi connectivity index (χ0v) is 13.3. The number of sulfone groups is 1. The largest absolute Gasteiger partial charge is 0.324 e. The number of amides is 1. The van der Waals surface area contributed by atoms with Crippen LogP contribution in [0, 0.1) is 13.8 Å². The summed E-state index contributed by atoms with van der Waals surface area (Å²) < 4.78 is 22.1. The van der Waals surface area contributed by atoms with Crippen LogP contribution >= 0.6 is 0 Å². The van der Waals surface area contributed by atoms with Crippen LogP contribution in [0.5, 0.6) is 0 Å². The van der Waals surface area contributed by atoms with E-state index in [1.165, 1.54) is 6.26 Å². The number of benzene rings is 1. The van der Waals surface area contributed by atoms with Gasteiger partial charge in [-0.25, -0.2) is 8.42 Å². The monoisotopic (exact) mass is 298 g/mol. The number of hydrogen-bond donors (Lipinski definition) is 1. The summed E-state index contributed by atoms with van der Waals surface area (Å²) in [6.07, 6.45) is 1.19. The highest BCUT2D eigenvalue weighted by molar-refractivity contribution is 7.90. The van der Waals surface area contributed by atoms with Gasteiger partial charge >= 0.3 is 0 Å². The molecule has 0 unspecified atom stereocenters. The SMILES string of the molecule is Cc1cccc(C)c1NC(=O)CN(C)CCS(C)(=O)=O. The normalized spacial score (nSPS) is 11.7. The van der Waals surface area contributed by atoms with Crippen LogP contribution in [0.1, 0.15) is 11.1 Å². The zero-order valence-electron chi connectivity index (χ0n) is 12.4. The lowest BCUT2D eigenvalue weighted by Gasteiger charge is -2.17. The van der Waals surface area contributed by atoms with E-state index in [1.807, 2.05) is 32.0 Å². The zero-order chi connectivity index (χ0) is 15.3. The van der Waals surface area contributed by atoms with E-state index in [9.17, 15) is 13.2 Å². The fraction of sp³-hybridized carbons (Fsp3) is 0.500. The lowest BCUT2D eigenvalue weighted by atomic mass is 10.1. The molecule has 1 aromatic carbocycles. The Balaban J connectivity index is 2.56. The topological polar surface area (TPSA) is 66.5 Å². The van der Waals surface area contributed by atoms with E-state index in [1.54, 1.807) is 11.9 Å². The van der Waals surface area contributed by atoms with Gasteiger partial charge in [0, 0.05) is 18.5 Å². The molecule has 1 rings (SSSR count). The van der Waals surface area contributed by atoms with E-state index < -0.39 is 9.84 Å². The maximum Gasteiger partial charge on any atom is 0.238 e. The third-order valence-electron chi connectivity index (χ3n) is 3.00. The Hall–Kier alpha value is -1.40. The van der Waals surface area contributed by atoms with E-state index in [0.29, 0.717) is 6.54 Å². The number of para-hydroxylation sites is 1. The molecule has 1 aromatic rings. The first-order chi connectivity index (χ1) is 9.19. The summed E-state index contributed by atoms with van der Waals surface area (Å²) in [5.41, 5.74) is 2.85. The van der Waals surface area contributed by atoms with Crippen LogP contribution in [0.25, 0.3) is 0 Å². The van der Waals surface area contributed by atoms with Gasteiger partial charge in [-0.05, 0) is 32.0 Å². The number of rotatable bonds is 6. The summed E-state index contributed by atoms with van der Waals surface area (Å²) in [6.45, 7) is 4.40. The summed E-state index contributed by atoms with van der Waals surface area (Å²) in [5.74, 6) is -0.0846. The van der Waals surface area contributed by atoms with Crippen molar-refractivity contribution in [1.29, 1.82) is 0 Å². The first-order valence-electron chi connectivity index (χ1n) is 6.41. The fourth-order valence-electron chi connectivity index (χ4n) is 1.84. The van der Waals surface area contributed by atoms with Gasteiger partial charge in [-0.3, -0.25) is 9.69 Å². The van der Waals surface area contributed by atoms with Crippen LogP contribution in [0.3, 0.4) is 0 Å². The molecule has 0 fully saturated rings. The quantitative estimate of drug-likeness (QED) is 0.857. The predicted molar refractivity (Wildman–Crippen MR) is 81.8 cm³/mol. The summed E-state index contributed by atoms with van der Waals surface area (Å²) in [6, 6.07) is 5.82. The summed E-state index contributed by atoms with van der Waals surface area (Å²) in [7, 11) is -1.27. The van der Waals surface area contributed by atoms with Gasteiger partial charge < -0.3 is 5.32 Å². The highest BCUT2D eigenvalue weighted by Crippen LogP contribution is 2.19.